The van der Waals surface area contributed by atoms with E-state index in [0.717, 1.165) is 6.08 Å². The van der Waals surface area contributed by atoms with Gasteiger partial charge in [0.2, 0.25) is 0 Å². The van der Waals surface area contributed by atoms with E-state index in [-0.39, 0.29) is 5.98 Å². The van der Waals surface area contributed by atoms with Crippen molar-refractivity contribution in [3.05, 3.63) is 40.3 Å². The quantitative estimate of drug-likeness (QED) is 0.658. The minimum atomic E-state index is -4.88. The van der Waals surface area contributed by atoms with Gasteiger partial charge in [-0.1, -0.05) is 29.8 Å². The number of hydrogen-bond donors (Lipinski definition) is 0. The van der Waals surface area contributed by atoms with Gasteiger partial charge >= 0.3 is 6.98 Å². The Bertz CT molecular complexity index is 358. The topological polar surface area (TPSA) is 0 Å². The number of benzene rings is 1. The minimum absolute atomic E-state index is 0.263. The first kappa shape index (κ1) is 11.2. The second-order valence-electron chi connectivity index (χ2n) is 2.94. The van der Waals surface area contributed by atoms with Crippen molar-refractivity contribution < 1.29 is 12.9 Å². The Morgan fingerprint density at radius 3 is 2.50 bits per heavy atom. The molecule has 0 aromatic heterocycles. The van der Waals surface area contributed by atoms with Crippen molar-refractivity contribution in [1.82, 2.24) is 0 Å². The Morgan fingerprint density at radius 2 is 1.93 bits per heavy atom. The molecule has 5 heteroatoms. The normalized spacial score (nSPS) is 12.4. The summed E-state index contributed by atoms with van der Waals surface area (Å²) in [6, 6.07) is 4.87. The summed E-state index contributed by atoms with van der Waals surface area (Å²) >= 11 is 5.75. The lowest BCUT2D eigenvalue weighted by atomic mass is 9.90. The zero-order valence-electron chi connectivity index (χ0n) is 7.48. The van der Waals surface area contributed by atoms with Gasteiger partial charge in [-0.25, -0.2) is 0 Å². The van der Waals surface area contributed by atoms with Crippen LogP contribution in [0.5, 0.6) is 0 Å². The monoisotopic (exact) mass is 219 g/mol. The van der Waals surface area contributed by atoms with E-state index in [1.54, 1.807) is 25.1 Å². The van der Waals surface area contributed by atoms with Gasteiger partial charge in [0.05, 0.1) is 0 Å². The fraction of sp³-hybridized carbons (Fsp3) is 0.111. The molecule has 76 valence electrons. The van der Waals surface area contributed by atoms with E-state index in [1.807, 2.05) is 0 Å². The highest BCUT2D eigenvalue weighted by atomic mass is 35.5. The minimum Gasteiger partial charge on any atom is -0.445 e. The highest BCUT2D eigenvalue weighted by Gasteiger charge is 2.17. The van der Waals surface area contributed by atoms with Crippen LogP contribution in [-0.4, -0.2) is 6.98 Å². The molecule has 0 N–H and O–H groups in total. The summed E-state index contributed by atoms with van der Waals surface area (Å²) in [7, 11) is 0. The third-order valence-corrected chi connectivity index (χ3v) is 2.21. The molecule has 0 radical (unpaired) electrons. The average molecular weight is 219 g/mol. The summed E-state index contributed by atoms with van der Waals surface area (Å²) in [5.41, 5.74) is 1.15. The van der Waals surface area contributed by atoms with E-state index in [2.05, 4.69) is 0 Å². The molecule has 0 nitrogen and oxygen atoms in total. The van der Waals surface area contributed by atoms with E-state index in [1.165, 1.54) is 0 Å². The molecule has 0 saturated carbocycles. The maximum absolute atomic E-state index is 11.9. The Kier molecular flexibility index (Phi) is 3.27. The molecule has 0 aliphatic rings. The molecule has 14 heavy (non-hydrogen) atoms. The second kappa shape index (κ2) is 4.09. The van der Waals surface area contributed by atoms with Crippen molar-refractivity contribution in [3.63, 3.8) is 0 Å². The second-order valence-corrected chi connectivity index (χ2v) is 3.35. The maximum atomic E-state index is 11.9. The molecule has 0 amide bonds. The molecule has 0 aliphatic heterocycles. The van der Waals surface area contributed by atoms with Crippen molar-refractivity contribution in [3.8, 4) is 0 Å². The van der Waals surface area contributed by atoms with E-state index >= 15 is 0 Å². The fourth-order valence-corrected chi connectivity index (χ4v) is 1.20. The average Bonchev–Trinajstić information content (AvgIpc) is 2.06. The Balaban J connectivity index is 2.98. The lowest BCUT2D eigenvalue weighted by molar-refractivity contribution is 0.499. The van der Waals surface area contributed by atoms with Crippen LogP contribution in [-0.2, 0) is 0 Å². The van der Waals surface area contributed by atoms with Crippen molar-refractivity contribution in [2.45, 2.75) is 6.92 Å². The Morgan fingerprint density at radius 1 is 1.29 bits per heavy atom. The van der Waals surface area contributed by atoms with Gasteiger partial charge in [0, 0.05) is 5.02 Å². The predicted molar refractivity (Wildman–Crippen MR) is 54.3 cm³/mol. The summed E-state index contributed by atoms with van der Waals surface area (Å²) in [6.45, 7) is -3.19. The molecular formula is C9H8BClF3-. The van der Waals surface area contributed by atoms with Crippen molar-refractivity contribution in [2.75, 3.05) is 0 Å². The van der Waals surface area contributed by atoms with Crippen LogP contribution in [0.2, 0.25) is 5.02 Å². The SMILES string of the molecule is Cc1c(Cl)cccc1/C=C/[B-](F)(F)F. The first-order valence-electron chi connectivity index (χ1n) is 4.04. The van der Waals surface area contributed by atoms with Gasteiger partial charge in [-0.3, -0.25) is 0 Å². The molecule has 1 aromatic carbocycles. The molecule has 1 rings (SSSR count). The van der Waals surface area contributed by atoms with Crippen LogP contribution >= 0.6 is 11.6 Å². The van der Waals surface area contributed by atoms with Crippen LogP contribution in [0, 0.1) is 6.92 Å². The third kappa shape index (κ3) is 3.11. The zero-order valence-corrected chi connectivity index (χ0v) is 8.23. The molecular weight excluding hydrogens is 211 g/mol. The van der Waals surface area contributed by atoms with Crippen LogP contribution < -0.4 is 0 Å². The molecule has 1 aromatic rings. The molecule has 0 heterocycles. The number of halogens is 4. The first-order chi connectivity index (χ1) is 6.40. The highest BCUT2D eigenvalue weighted by molar-refractivity contribution is 6.64. The van der Waals surface area contributed by atoms with Gasteiger partial charge in [0.15, 0.2) is 0 Å². The molecule has 0 atom stereocenters. The van der Waals surface area contributed by atoms with Crippen molar-refractivity contribution in [1.29, 1.82) is 0 Å². The lowest BCUT2D eigenvalue weighted by Crippen LogP contribution is -2.09. The Labute approximate surface area is 85.4 Å². The van der Waals surface area contributed by atoms with Crippen molar-refractivity contribution in [2.24, 2.45) is 0 Å². The molecule has 0 unspecified atom stereocenters. The van der Waals surface area contributed by atoms with E-state index in [4.69, 9.17) is 11.6 Å². The van der Waals surface area contributed by atoms with E-state index in [0.29, 0.717) is 16.1 Å². The van der Waals surface area contributed by atoms with Gasteiger partial charge in [-0.15, -0.1) is 5.98 Å². The van der Waals surface area contributed by atoms with E-state index in [9.17, 15) is 12.9 Å². The van der Waals surface area contributed by atoms with Gasteiger partial charge in [0.1, 0.15) is 0 Å². The number of rotatable bonds is 2. The summed E-state index contributed by atoms with van der Waals surface area (Å²) in [4.78, 5) is 0. The summed E-state index contributed by atoms with van der Waals surface area (Å²) < 4.78 is 35.7. The maximum Gasteiger partial charge on any atom is 0.502 e. The molecule has 0 fully saturated rings. The van der Waals surface area contributed by atoms with Crippen LogP contribution in [0.25, 0.3) is 6.08 Å². The lowest BCUT2D eigenvalue weighted by Gasteiger charge is -2.08. The summed E-state index contributed by atoms with van der Waals surface area (Å²) in [5, 5.41) is 0.474. The smallest absolute Gasteiger partial charge is 0.445 e. The Hall–Kier alpha value is -0.895. The summed E-state index contributed by atoms with van der Waals surface area (Å²) in [5.74, 6) is 0.263. The fourth-order valence-electron chi connectivity index (χ4n) is 1.02. The zero-order chi connectivity index (χ0) is 10.8. The molecule has 0 aliphatic carbocycles. The van der Waals surface area contributed by atoms with Crippen molar-refractivity contribution >= 4 is 24.7 Å². The van der Waals surface area contributed by atoms with Crippen LogP contribution in [0.15, 0.2) is 24.2 Å². The van der Waals surface area contributed by atoms with Gasteiger partial charge in [-0.2, -0.15) is 0 Å². The molecule has 0 saturated heterocycles. The third-order valence-electron chi connectivity index (χ3n) is 1.80. The molecule has 0 spiro atoms. The van der Waals surface area contributed by atoms with Crippen LogP contribution in [0.1, 0.15) is 11.1 Å². The van der Waals surface area contributed by atoms with Crippen LogP contribution in [0.3, 0.4) is 0 Å². The van der Waals surface area contributed by atoms with Gasteiger partial charge < -0.3 is 12.9 Å². The number of hydrogen-bond acceptors (Lipinski definition) is 0. The van der Waals surface area contributed by atoms with Gasteiger partial charge in [-0.05, 0) is 24.1 Å². The van der Waals surface area contributed by atoms with Crippen LogP contribution in [0.4, 0.5) is 12.9 Å². The highest BCUT2D eigenvalue weighted by Crippen LogP contribution is 2.21. The predicted octanol–water partition coefficient (Wildman–Crippen LogP) is 4.05. The first-order valence-corrected chi connectivity index (χ1v) is 4.42. The van der Waals surface area contributed by atoms with Gasteiger partial charge in [0.25, 0.3) is 0 Å². The molecule has 0 bridgehead atoms. The standard InChI is InChI=1S/C9H8BClF3/c1-7-8(3-2-4-9(7)11)5-6-10(12,13)14/h2-6H,1H3/q-1/b6-5+. The summed E-state index contributed by atoms with van der Waals surface area (Å²) in [6.07, 6.45) is 1.04. The van der Waals surface area contributed by atoms with E-state index < -0.39 is 6.98 Å². The largest absolute Gasteiger partial charge is 0.502 e.